The van der Waals surface area contributed by atoms with Gasteiger partial charge in [-0.3, -0.25) is 9.59 Å². The monoisotopic (exact) mass is 402 g/mol. The van der Waals surface area contributed by atoms with Gasteiger partial charge in [0.25, 0.3) is 0 Å². The van der Waals surface area contributed by atoms with E-state index in [0.717, 1.165) is 45.4 Å². The molecule has 160 valence electrons. The Balaban J connectivity index is 1.47. The van der Waals surface area contributed by atoms with Crippen LogP contribution >= 0.6 is 0 Å². The summed E-state index contributed by atoms with van der Waals surface area (Å²) < 4.78 is 2.02. The normalized spacial score (nSPS) is 30.2. The van der Waals surface area contributed by atoms with Crippen molar-refractivity contribution in [2.45, 2.75) is 65.1 Å². The standard InChI is InChI=1S/C21H34N6O2/c1-21(2,3)20(29)22-10-18-16-9-15(17-5-4-6-19(28)27(17)18)11-25(12-16)7-8-26-13-23-24-14-26/h13-18H,4-12H2,1-3H3,(H,22,29)/t15-,16+,17+,18+/m1/s1. The van der Waals surface area contributed by atoms with Gasteiger partial charge in [-0.1, -0.05) is 20.8 Å². The molecular formula is C21H34N6O2. The van der Waals surface area contributed by atoms with Gasteiger partial charge in [0, 0.05) is 50.6 Å². The molecule has 29 heavy (non-hydrogen) atoms. The molecule has 1 N–H and O–H groups in total. The van der Waals surface area contributed by atoms with Gasteiger partial charge >= 0.3 is 0 Å². The summed E-state index contributed by atoms with van der Waals surface area (Å²) in [6, 6.07) is 0.426. The molecule has 0 aromatic carbocycles. The number of hydrogen-bond donors (Lipinski definition) is 1. The third kappa shape index (κ3) is 4.32. The number of fused-ring (bicyclic) bond motifs is 4. The number of hydrogen-bond acceptors (Lipinski definition) is 5. The molecule has 0 unspecified atom stereocenters. The van der Waals surface area contributed by atoms with Crippen LogP contribution in [0, 0.1) is 17.3 Å². The van der Waals surface area contributed by atoms with Gasteiger partial charge < -0.3 is 19.7 Å². The summed E-state index contributed by atoms with van der Waals surface area (Å²) in [5, 5.41) is 10.9. The molecule has 3 aliphatic heterocycles. The van der Waals surface area contributed by atoms with Crippen LogP contribution in [0.25, 0.3) is 0 Å². The van der Waals surface area contributed by atoms with E-state index >= 15 is 0 Å². The van der Waals surface area contributed by atoms with Crippen LogP contribution in [0.4, 0.5) is 0 Å². The van der Waals surface area contributed by atoms with Crippen LogP contribution in [0.3, 0.4) is 0 Å². The van der Waals surface area contributed by atoms with E-state index in [1.807, 2.05) is 25.3 Å². The molecule has 8 nitrogen and oxygen atoms in total. The van der Waals surface area contributed by atoms with Crippen molar-refractivity contribution < 1.29 is 9.59 Å². The van der Waals surface area contributed by atoms with E-state index in [4.69, 9.17) is 0 Å². The zero-order valence-electron chi connectivity index (χ0n) is 17.9. The summed E-state index contributed by atoms with van der Waals surface area (Å²) >= 11 is 0. The van der Waals surface area contributed by atoms with E-state index < -0.39 is 5.41 Å². The first-order chi connectivity index (χ1) is 13.8. The summed E-state index contributed by atoms with van der Waals surface area (Å²) in [6.45, 7) is 10.2. The third-order valence-corrected chi connectivity index (χ3v) is 6.87. The number of piperidine rings is 3. The van der Waals surface area contributed by atoms with Crippen molar-refractivity contribution in [2.24, 2.45) is 17.3 Å². The van der Waals surface area contributed by atoms with E-state index in [1.165, 1.54) is 0 Å². The Labute approximate surface area is 173 Å². The lowest BCUT2D eigenvalue weighted by Crippen LogP contribution is -2.67. The average Bonchev–Trinajstić information content (AvgIpc) is 3.19. The summed E-state index contributed by atoms with van der Waals surface area (Å²) in [4.78, 5) is 30.0. The molecule has 3 saturated heterocycles. The largest absolute Gasteiger partial charge is 0.354 e. The molecule has 2 bridgehead atoms. The highest BCUT2D eigenvalue weighted by molar-refractivity contribution is 5.81. The predicted octanol–water partition coefficient (Wildman–Crippen LogP) is 1.14. The molecule has 4 atom stereocenters. The minimum atomic E-state index is -0.417. The van der Waals surface area contributed by atoms with Gasteiger partial charge in [0.2, 0.25) is 11.8 Å². The van der Waals surface area contributed by atoms with Crippen molar-refractivity contribution in [3.63, 3.8) is 0 Å². The van der Waals surface area contributed by atoms with Gasteiger partial charge in [0.1, 0.15) is 12.7 Å². The zero-order valence-corrected chi connectivity index (χ0v) is 17.9. The Hall–Kier alpha value is -1.96. The van der Waals surface area contributed by atoms with Crippen LogP contribution < -0.4 is 5.32 Å². The van der Waals surface area contributed by atoms with Crippen molar-refractivity contribution in [2.75, 3.05) is 26.2 Å². The van der Waals surface area contributed by atoms with Gasteiger partial charge in [-0.05, 0) is 31.1 Å². The quantitative estimate of drug-likeness (QED) is 0.799. The molecule has 1 aromatic rings. The number of rotatable bonds is 5. The van der Waals surface area contributed by atoms with Crippen molar-refractivity contribution in [1.29, 1.82) is 0 Å². The maximum Gasteiger partial charge on any atom is 0.225 e. The number of nitrogens with zero attached hydrogens (tertiary/aromatic N) is 5. The zero-order chi connectivity index (χ0) is 20.6. The lowest BCUT2D eigenvalue weighted by atomic mass is 9.72. The summed E-state index contributed by atoms with van der Waals surface area (Å²) in [5.74, 6) is 1.28. The second-order valence-corrected chi connectivity index (χ2v) is 10.0. The fraction of sp³-hybridized carbons (Fsp3) is 0.810. The van der Waals surface area contributed by atoms with E-state index in [1.54, 1.807) is 12.7 Å². The number of amides is 2. The van der Waals surface area contributed by atoms with Crippen LogP contribution in [0.5, 0.6) is 0 Å². The van der Waals surface area contributed by atoms with Gasteiger partial charge in [-0.25, -0.2) is 0 Å². The Morgan fingerprint density at radius 2 is 1.90 bits per heavy atom. The Bertz CT molecular complexity index is 728. The molecule has 0 aliphatic carbocycles. The molecule has 4 heterocycles. The maximum absolute atomic E-state index is 12.9. The van der Waals surface area contributed by atoms with Crippen LogP contribution in [0.2, 0.25) is 0 Å². The maximum atomic E-state index is 12.9. The summed E-state index contributed by atoms with van der Waals surface area (Å²) in [5.41, 5.74) is -0.417. The minimum Gasteiger partial charge on any atom is -0.354 e. The highest BCUT2D eigenvalue weighted by atomic mass is 16.2. The lowest BCUT2D eigenvalue weighted by molar-refractivity contribution is -0.153. The van der Waals surface area contributed by atoms with Crippen molar-refractivity contribution in [1.82, 2.24) is 29.9 Å². The third-order valence-electron chi connectivity index (χ3n) is 6.87. The van der Waals surface area contributed by atoms with E-state index in [9.17, 15) is 9.59 Å². The predicted molar refractivity (Wildman–Crippen MR) is 109 cm³/mol. The number of aromatic nitrogens is 3. The first-order valence-electron chi connectivity index (χ1n) is 11.0. The van der Waals surface area contributed by atoms with Gasteiger partial charge in [0.05, 0.1) is 6.04 Å². The summed E-state index contributed by atoms with van der Waals surface area (Å²) in [7, 11) is 0. The van der Waals surface area contributed by atoms with Crippen molar-refractivity contribution in [3.8, 4) is 0 Å². The van der Waals surface area contributed by atoms with Gasteiger partial charge in [-0.15, -0.1) is 10.2 Å². The molecule has 0 spiro atoms. The first kappa shape index (κ1) is 20.3. The van der Waals surface area contributed by atoms with Crippen LogP contribution in [-0.4, -0.2) is 74.6 Å². The van der Waals surface area contributed by atoms with E-state index in [-0.39, 0.29) is 17.9 Å². The Kier molecular flexibility index (Phi) is 5.64. The Morgan fingerprint density at radius 3 is 2.62 bits per heavy atom. The molecule has 0 saturated carbocycles. The van der Waals surface area contributed by atoms with Crippen LogP contribution in [-0.2, 0) is 16.1 Å². The second kappa shape index (κ2) is 8.05. The average molecular weight is 403 g/mol. The highest BCUT2D eigenvalue weighted by Gasteiger charge is 2.49. The molecule has 3 fully saturated rings. The second-order valence-electron chi connectivity index (χ2n) is 10.0. The fourth-order valence-corrected chi connectivity index (χ4v) is 5.37. The number of likely N-dealkylation sites (tertiary alicyclic amines) is 1. The molecule has 8 heteroatoms. The number of carbonyl (C=O) groups is 2. The highest BCUT2D eigenvalue weighted by Crippen LogP contribution is 2.41. The molecule has 2 amide bonds. The van der Waals surface area contributed by atoms with Crippen molar-refractivity contribution in [3.05, 3.63) is 12.7 Å². The van der Waals surface area contributed by atoms with Gasteiger partial charge in [0.15, 0.2) is 0 Å². The molecule has 1 aromatic heterocycles. The summed E-state index contributed by atoms with van der Waals surface area (Å²) in [6.07, 6.45) is 7.41. The SMILES string of the molecule is CC(C)(C)C(=O)NC[C@H]1[C@H]2C[C@H](CN(CCn3cnnc3)C2)[C@@H]2CCCC(=O)N21. The minimum absolute atomic E-state index is 0.0564. The topological polar surface area (TPSA) is 83.4 Å². The smallest absolute Gasteiger partial charge is 0.225 e. The van der Waals surface area contributed by atoms with E-state index in [2.05, 4.69) is 25.3 Å². The number of nitrogens with one attached hydrogen (secondary N) is 1. The number of carbonyl (C=O) groups excluding carboxylic acids is 2. The van der Waals surface area contributed by atoms with Gasteiger partial charge in [-0.2, -0.15) is 0 Å². The Morgan fingerprint density at radius 1 is 1.17 bits per heavy atom. The first-order valence-corrected chi connectivity index (χ1v) is 11.0. The molecule has 0 radical (unpaired) electrons. The lowest BCUT2D eigenvalue weighted by Gasteiger charge is -2.56. The van der Waals surface area contributed by atoms with E-state index in [0.29, 0.717) is 30.8 Å². The van der Waals surface area contributed by atoms with Crippen LogP contribution in [0.1, 0.15) is 46.5 Å². The molecule has 3 aliphatic rings. The fourth-order valence-electron chi connectivity index (χ4n) is 5.37. The van der Waals surface area contributed by atoms with Crippen molar-refractivity contribution >= 4 is 11.8 Å². The molecular weight excluding hydrogens is 368 g/mol. The molecule has 4 rings (SSSR count). The van der Waals surface area contributed by atoms with Crippen LogP contribution in [0.15, 0.2) is 12.7 Å².